The Labute approximate surface area is 158 Å². The summed E-state index contributed by atoms with van der Waals surface area (Å²) in [5.41, 5.74) is 2.97. The third-order valence-electron chi connectivity index (χ3n) is 4.21. The van der Waals surface area contributed by atoms with Crippen LogP contribution in [0.1, 0.15) is 24.3 Å². The Morgan fingerprint density at radius 1 is 1.32 bits per heavy atom. The summed E-state index contributed by atoms with van der Waals surface area (Å²) < 4.78 is 6.78. The third kappa shape index (κ3) is 3.36. The van der Waals surface area contributed by atoms with Crippen molar-refractivity contribution >= 4 is 55.9 Å². The summed E-state index contributed by atoms with van der Waals surface area (Å²) in [7, 11) is 0. The van der Waals surface area contributed by atoms with Gasteiger partial charge in [0.25, 0.3) is 0 Å². The van der Waals surface area contributed by atoms with Crippen LogP contribution in [-0.4, -0.2) is 41.6 Å². The summed E-state index contributed by atoms with van der Waals surface area (Å²) in [5, 5.41) is 11.1. The molecule has 1 aromatic carbocycles. The summed E-state index contributed by atoms with van der Waals surface area (Å²) >= 11 is 4.99. The Kier molecular flexibility index (Phi) is 4.39. The number of aromatic nitrogens is 1. The van der Waals surface area contributed by atoms with E-state index in [1.807, 2.05) is 30.5 Å². The summed E-state index contributed by atoms with van der Waals surface area (Å²) in [6, 6.07) is 5.99. The molecule has 2 aliphatic rings. The lowest BCUT2D eigenvalue weighted by Gasteiger charge is -2.35. The minimum absolute atomic E-state index is 0.0659. The first-order chi connectivity index (χ1) is 12.0. The fraction of sp³-hybridized carbons (Fsp3) is 0.333. The molecule has 0 spiro atoms. The van der Waals surface area contributed by atoms with Gasteiger partial charge < -0.3 is 14.7 Å². The number of aromatic hydroxyl groups is 1. The topological polar surface area (TPSA) is 58.0 Å². The number of ether oxygens (including phenoxy) is 1. The Morgan fingerprint density at radius 2 is 2.08 bits per heavy atom. The fourth-order valence-electron chi connectivity index (χ4n) is 3.19. The summed E-state index contributed by atoms with van der Waals surface area (Å²) in [5.74, 6) is 0.0659. The van der Waals surface area contributed by atoms with Crippen LogP contribution in [0.5, 0.6) is 5.88 Å². The van der Waals surface area contributed by atoms with Gasteiger partial charge in [0.1, 0.15) is 0 Å². The van der Waals surface area contributed by atoms with E-state index in [1.54, 1.807) is 0 Å². The predicted octanol–water partition coefficient (Wildman–Crippen LogP) is 4.48. The van der Waals surface area contributed by atoms with Crippen LogP contribution in [0.4, 0.5) is 10.8 Å². The van der Waals surface area contributed by atoms with Gasteiger partial charge in [-0.1, -0.05) is 27.3 Å². The highest BCUT2D eigenvalue weighted by molar-refractivity contribution is 9.10. The average Bonchev–Trinajstić information content (AvgIpc) is 3.11. The van der Waals surface area contributed by atoms with Gasteiger partial charge in [-0.15, -0.1) is 0 Å². The van der Waals surface area contributed by atoms with E-state index in [-0.39, 0.29) is 18.1 Å². The van der Waals surface area contributed by atoms with Gasteiger partial charge in [0.05, 0.1) is 22.8 Å². The maximum absolute atomic E-state index is 10.3. The van der Waals surface area contributed by atoms with Gasteiger partial charge in [-0.05, 0) is 38.1 Å². The van der Waals surface area contributed by atoms with E-state index in [2.05, 4.69) is 44.7 Å². The highest BCUT2D eigenvalue weighted by atomic mass is 79.9. The van der Waals surface area contributed by atoms with Crippen molar-refractivity contribution in [1.29, 1.82) is 0 Å². The number of hydrogen-bond acceptors (Lipinski definition) is 6. The van der Waals surface area contributed by atoms with E-state index in [9.17, 15) is 5.11 Å². The lowest BCUT2D eigenvalue weighted by Crippen LogP contribution is -2.45. The Morgan fingerprint density at radius 3 is 2.84 bits per heavy atom. The molecule has 1 fully saturated rings. The van der Waals surface area contributed by atoms with E-state index < -0.39 is 0 Å². The van der Waals surface area contributed by atoms with Crippen molar-refractivity contribution in [3.63, 3.8) is 0 Å². The van der Waals surface area contributed by atoms with Crippen molar-refractivity contribution in [1.82, 2.24) is 4.98 Å². The number of halogens is 1. The molecule has 3 heterocycles. The molecule has 1 aromatic heterocycles. The predicted molar refractivity (Wildman–Crippen MR) is 106 cm³/mol. The Bertz CT molecular complexity index is 867. The first kappa shape index (κ1) is 16.8. The van der Waals surface area contributed by atoms with Crippen molar-refractivity contribution < 1.29 is 9.84 Å². The Balaban J connectivity index is 1.64. The molecule has 2 atom stereocenters. The molecule has 0 bridgehead atoms. The Hall–Kier alpha value is -1.70. The van der Waals surface area contributed by atoms with Crippen LogP contribution in [-0.2, 0) is 4.74 Å². The minimum atomic E-state index is 0.0659. The first-order valence-electron chi connectivity index (χ1n) is 8.15. The van der Waals surface area contributed by atoms with Crippen molar-refractivity contribution in [3.8, 4) is 5.88 Å². The van der Waals surface area contributed by atoms with Crippen LogP contribution < -0.4 is 4.90 Å². The maximum atomic E-state index is 10.3. The normalized spacial score (nSPS) is 24.1. The van der Waals surface area contributed by atoms with Gasteiger partial charge in [-0.25, -0.2) is 0 Å². The second kappa shape index (κ2) is 6.55. The standard InChI is InChI=1S/C18H18BrN3O2S/c1-10-8-22(9-11(2)24-10)18-21-17(23)16(25-18)5-12-7-20-15-4-3-13(19)6-14(12)15/h3-7,10-11,23H,8-9H2,1-2H3/b12-5+/t10-,11+. The number of aliphatic imine (C=N–C) groups is 1. The van der Waals surface area contributed by atoms with Gasteiger partial charge in [-0.2, -0.15) is 4.98 Å². The molecule has 7 heteroatoms. The zero-order valence-corrected chi connectivity index (χ0v) is 16.3. The molecule has 2 aliphatic heterocycles. The summed E-state index contributed by atoms with van der Waals surface area (Å²) in [6.07, 6.45) is 4.09. The number of allylic oxidation sites excluding steroid dienone is 1. The molecule has 4 rings (SSSR count). The van der Waals surface area contributed by atoms with Gasteiger partial charge >= 0.3 is 0 Å². The van der Waals surface area contributed by atoms with Gasteiger partial charge in [0.15, 0.2) is 5.13 Å². The molecule has 25 heavy (non-hydrogen) atoms. The number of fused-ring (bicyclic) bond motifs is 1. The van der Waals surface area contributed by atoms with Crippen molar-refractivity contribution in [2.45, 2.75) is 26.1 Å². The monoisotopic (exact) mass is 419 g/mol. The van der Waals surface area contributed by atoms with Gasteiger partial charge in [0, 0.05) is 34.9 Å². The third-order valence-corrected chi connectivity index (χ3v) is 5.76. The van der Waals surface area contributed by atoms with Crippen LogP contribution >= 0.6 is 27.3 Å². The number of morpholine rings is 1. The quantitative estimate of drug-likeness (QED) is 0.779. The summed E-state index contributed by atoms with van der Waals surface area (Å²) in [6.45, 7) is 5.68. The highest BCUT2D eigenvalue weighted by Crippen LogP contribution is 2.38. The number of thiazole rings is 1. The van der Waals surface area contributed by atoms with E-state index in [0.29, 0.717) is 0 Å². The van der Waals surface area contributed by atoms with Gasteiger partial charge in [-0.3, -0.25) is 4.99 Å². The smallest absolute Gasteiger partial charge is 0.231 e. The molecule has 1 saturated heterocycles. The second-order valence-corrected chi connectivity index (χ2v) is 8.29. The molecule has 0 aliphatic carbocycles. The van der Waals surface area contributed by atoms with Gasteiger partial charge in [0.2, 0.25) is 5.88 Å². The van der Waals surface area contributed by atoms with Crippen LogP contribution in [0.2, 0.25) is 0 Å². The van der Waals surface area contributed by atoms with Crippen molar-refractivity contribution in [2.24, 2.45) is 4.99 Å². The van der Waals surface area contributed by atoms with Crippen LogP contribution in [0.15, 0.2) is 27.7 Å². The fourth-order valence-corrected chi connectivity index (χ4v) is 4.48. The first-order valence-corrected chi connectivity index (χ1v) is 9.76. The molecule has 0 unspecified atom stereocenters. The average molecular weight is 420 g/mol. The lowest BCUT2D eigenvalue weighted by molar-refractivity contribution is -0.00525. The maximum Gasteiger partial charge on any atom is 0.231 e. The van der Waals surface area contributed by atoms with Crippen molar-refractivity contribution in [3.05, 3.63) is 33.1 Å². The van der Waals surface area contributed by atoms with Crippen LogP contribution in [0, 0.1) is 0 Å². The van der Waals surface area contributed by atoms with E-state index in [1.165, 1.54) is 11.3 Å². The van der Waals surface area contributed by atoms with Crippen LogP contribution in [0.25, 0.3) is 11.6 Å². The molecule has 0 amide bonds. The molecular formula is C18H18BrN3O2S. The number of hydrogen-bond donors (Lipinski definition) is 1. The molecule has 5 nitrogen and oxygen atoms in total. The highest BCUT2D eigenvalue weighted by Gasteiger charge is 2.25. The molecule has 0 saturated carbocycles. The molecular weight excluding hydrogens is 402 g/mol. The molecule has 0 radical (unpaired) electrons. The van der Waals surface area contributed by atoms with E-state index in [4.69, 9.17) is 4.74 Å². The molecule has 1 N–H and O–H groups in total. The number of anilines is 1. The largest absolute Gasteiger partial charge is 0.492 e. The number of rotatable bonds is 2. The van der Waals surface area contributed by atoms with Crippen LogP contribution in [0.3, 0.4) is 0 Å². The zero-order valence-electron chi connectivity index (χ0n) is 13.9. The van der Waals surface area contributed by atoms with E-state index >= 15 is 0 Å². The number of nitrogens with zero attached hydrogens (tertiary/aromatic N) is 3. The second-order valence-electron chi connectivity index (χ2n) is 6.37. The summed E-state index contributed by atoms with van der Waals surface area (Å²) in [4.78, 5) is 11.7. The number of benzene rings is 1. The lowest BCUT2D eigenvalue weighted by atomic mass is 10.1. The molecule has 2 aromatic rings. The SMILES string of the molecule is C[C@@H]1CN(c2nc(O)c(/C=C3\C=Nc4ccc(Br)cc43)s2)C[C@H](C)O1. The van der Waals surface area contributed by atoms with E-state index in [0.717, 1.165) is 44.4 Å². The minimum Gasteiger partial charge on any atom is -0.492 e. The van der Waals surface area contributed by atoms with Crippen molar-refractivity contribution in [2.75, 3.05) is 18.0 Å². The molecule has 130 valence electrons. The zero-order chi connectivity index (χ0) is 17.6.